The highest BCUT2D eigenvalue weighted by atomic mass is 15.4. The Morgan fingerprint density at radius 3 is 2.71 bits per heavy atom. The van der Waals surface area contributed by atoms with Crippen molar-refractivity contribution in [3.05, 3.63) is 12.8 Å². The van der Waals surface area contributed by atoms with Crippen molar-refractivity contribution in [3.63, 3.8) is 0 Å². The third-order valence-corrected chi connectivity index (χ3v) is 0.809. The maximum Gasteiger partial charge on any atom is 0.0579 e. The zero-order valence-electron chi connectivity index (χ0n) is 4.13. The van der Waals surface area contributed by atoms with Gasteiger partial charge in [0, 0.05) is 6.67 Å². The van der Waals surface area contributed by atoms with Crippen LogP contribution in [-0.2, 0) is 0 Å². The summed E-state index contributed by atoms with van der Waals surface area (Å²) in [5.74, 6) is 0. The molecule has 1 aliphatic heterocycles. The van der Waals surface area contributed by atoms with Crippen LogP contribution in [0.4, 0.5) is 0 Å². The highest BCUT2D eigenvalue weighted by Gasteiger charge is 1.97. The zero-order chi connectivity index (χ0) is 5.28. The van der Waals surface area contributed by atoms with Gasteiger partial charge in [0.1, 0.15) is 0 Å². The Labute approximate surface area is 42.4 Å². The zero-order valence-corrected chi connectivity index (χ0v) is 4.13. The Bertz CT molecular complexity index is 116. The first-order chi connectivity index (χ1) is 3.30. The van der Waals surface area contributed by atoms with E-state index in [0.717, 1.165) is 6.17 Å². The summed E-state index contributed by atoms with van der Waals surface area (Å²) in [6.45, 7) is 6.98. The number of rotatable bonds is 0. The molecule has 0 amide bonds. The highest BCUT2D eigenvalue weighted by Crippen LogP contribution is 2.11. The van der Waals surface area contributed by atoms with Crippen molar-refractivity contribution < 1.29 is 4.58 Å². The number of hydrogen-bond donors (Lipinski definition) is 0. The van der Waals surface area contributed by atoms with Crippen molar-refractivity contribution >= 4 is 6.72 Å². The van der Waals surface area contributed by atoms with E-state index in [1.54, 1.807) is 11.2 Å². The second kappa shape index (κ2) is 1.26. The molecule has 3 heteroatoms. The van der Waals surface area contributed by atoms with E-state index >= 15 is 0 Å². The minimum absolute atomic E-state index is 0.833. The molecular formula is C4H6N3-. The minimum Gasteiger partial charge on any atom is -0.528 e. The van der Waals surface area contributed by atoms with Crippen LogP contribution in [0.1, 0.15) is 6.92 Å². The quantitative estimate of drug-likeness (QED) is 0.315. The lowest BCUT2D eigenvalue weighted by atomic mass is 10.6. The van der Waals surface area contributed by atoms with Gasteiger partial charge in [0.2, 0.25) is 0 Å². The smallest absolute Gasteiger partial charge is 0.0579 e. The van der Waals surface area contributed by atoms with E-state index < -0.39 is 0 Å². The molecule has 3 nitrogen and oxygen atoms in total. The van der Waals surface area contributed by atoms with Gasteiger partial charge in [0.05, 0.1) is 6.17 Å². The Morgan fingerprint density at radius 1 is 1.86 bits per heavy atom. The molecule has 1 aliphatic rings. The Morgan fingerprint density at radius 2 is 2.57 bits per heavy atom. The molecule has 0 spiro atoms. The van der Waals surface area contributed by atoms with Crippen LogP contribution < -0.4 is 0 Å². The van der Waals surface area contributed by atoms with Crippen molar-refractivity contribution in [2.75, 3.05) is 0 Å². The van der Waals surface area contributed by atoms with Crippen LogP contribution in [0.25, 0.3) is 0 Å². The molecule has 0 bridgehead atoms. The van der Waals surface area contributed by atoms with Gasteiger partial charge >= 0.3 is 0 Å². The molecule has 0 atom stereocenters. The molecule has 0 aromatic carbocycles. The Balaban J connectivity index is 2.62. The van der Waals surface area contributed by atoms with E-state index in [-0.39, 0.29) is 0 Å². The molecular weight excluding hydrogens is 90.1 g/mol. The first-order valence-corrected chi connectivity index (χ1v) is 1.98. The maximum atomic E-state index is 3.67. The molecule has 1 rings (SSSR count). The largest absolute Gasteiger partial charge is 0.528 e. The molecule has 0 aromatic rings. The molecule has 0 N–H and O–H groups in total. The summed E-state index contributed by atoms with van der Waals surface area (Å²) in [6, 6.07) is 0. The van der Waals surface area contributed by atoms with Crippen LogP contribution in [-0.4, -0.2) is 11.3 Å². The van der Waals surface area contributed by atoms with Crippen molar-refractivity contribution in [2.24, 2.45) is 10.2 Å². The summed E-state index contributed by atoms with van der Waals surface area (Å²) in [5.41, 5.74) is 0. The van der Waals surface area contributed by atoms with Gasteiger partial charge in [-0.25, -0.2) is 0 Å². The third-order valence-electron chi connectivity index (χ3n) is 0.809. The third kappa shape index (κ3) is 0.559. The summed E-state index contributed by atoms with van der Waals surface area (Å²) in [4.78, 5) is 0. The molecule has 0 saturated carbocycles. The standard InChI is InChI=1S/C4H6N3/c1-4-6-5-3-7(4)2/h3H,2H2,1H3/q-1. The average molecular weight is 96.1 g/mol. The van der Waals surface area contributed by atoms with E-state index in [1.165, 1.54) is 0 Å². The van der Waals surface area contributed by atoms with Crippen molar-refractivity contribution in [3.8, 4) is 0 Å². The molecule has 1 heterocycles. The minimum atomic E-state index is 0.833. The van der Waals surface area contributed by atoms with Crippen molar-refractivity contribution in [2.45, 2.75) is 6.92 Å². The fourth-order valence-corrected chi connectivity index (χ4v) is 0.313. The van der Waals surface area contributed by atoms with Gasteiger partial charge in [0.25, 0.3) is 0 Å². The summed E-state index contributed by atoms with van der Waals surface area (Å²) >= 11 is 0. The van der Waals surface area contributed by atoms with Gasteiger partial charge in [-0.15, -0.1) is 0 Å². The lowest BCUT2D eigenvalue weighted by Crippen LogP contribution is -2.00. The first-order valence-electron chi connectivity index (χ1n) is 1.98. The van der Waals surface area contributed by atoms with Crippen LogP contribution in [0.15, 0.2) is 10.2 Å². The van der Waals surface area contributed by atoms with Gasteiger partial charge in [-0.3, -0.25) is 0 Å². The average Bonchev–Trinajstić information content (AvgIpc) is 1.91. The van der Waals surface area contributed by atoms with E-state index in [2.05, 4.69) is 16.9 Å². The van der Waals surface area contributed by atoms with Gasteiger partial charge < -0.3 is 4.58 Å². The fraction of sp³-hybridized carbons (Fsp3) is 0.250. The Kier molecular flexibility index (Phi) is 0.749. The predicted molar refractivity (Wildman–Crippen MR) is 25.5 cm³/mol. The van der Waals surface area contributed by atoms with Gasteiger partial charge in [-0.05, 0) is 0 Å². The monoisotopic (exact) mass is 96.1 g/mol. The van der Waals surface area contributed by atoms with Crippen LogP contribution in [0.2, 0.25) is 0 Å². The van der Waals surface area contributed by atoms with E-state index in [4.69, 9.17) is 0 Å². The normalized spacial score (nSPS) is 17.9. The maximum absolute atomic E-state index is 3.67. The number of azo groups is 1. The van der Waals surface area contributed by atoms with Crippen LogP contribution >= 0.6 is 0 Å². The van der Waals surface area contributed by atoms with Gasteiger partial charge in [0.15, 0.2) is 0 Å². The molecule has 0 fully saturated rings. The summed E-state index contributed by atoms with van der Waals surface area (Å²) in [5, 5.41) is 7.24. The Hall–Kier alpha value is -0.990. The molecule has 0 aromatic heterocycles. The lowest BCUT2D eigenvalue weighted by Gasteiger charge is -2.11. The first kappa shape index (κ1) is 4.18. The van der Waals surface area contributed by atoms with Crippen molar-refractivity contribution in [1.29, 1.82) is 0 Å². The van der Waals surface area contributed by atoms with Crippen LogP contribution in [0.5, 0.6) is 0 Å². The second-order valence-electron chi connectivity index (χ2n) is 1.35. The summed E-state index contributed by atoms with van der Waals surface area (Å²) in [6.07, 6.45) is 0.833. The van der Waals surface area contributed by atoms with Gasteiger partial charge in [-0.2, -0.15) is 6.72 Å². The van der Waals surface area contributed by atoms with Gasteiger partial charge in [-0.1, -0.05) is 17.2 Å². The topological polar surface area (TPSA) is 27.7 Å². The van der Waals surface area contributed by atoms with E-state index in [0.29, 0.717) is 0 Å². The van der Waals surface area contributed by atoms with Crippen LogP contribution in [0.3, 0.4) is 0 Å². The fourth-order valence-electron chi connectivity index (χ4n) is 0.313. The van der Waals surface area contributed by atoms with E-state index in [9.17, 15) is 0 Å². The predicted octanol–water partition coefficient (Wildman–Crippen LogP) is 0.794. The molecule has 7 heavy (non-hydrogen) atoms. The SMILES string of the molecule is C=[N+]1[CH-]N=N[C-]1C. The van der Waals surface area contributed by atoms with E-state index in [1.807, 2.05) is 6.92 Å². The molecule has 0 saturated heterocycles. The summed E-state index contributed by atoms with van der Waals surface area (Å²) < 4.78 is 1.61. The second-order valence-corrected chi connectivity index (χ2v) is 1.35. The molecule has 38 valence electrons. The van der Waals surface area contributed by atoms with Crippen LogP contribution in [0, 0.1) is 12.8 Å². The lowest BCUT2D eigenvalue weighted by molar-refractivity contribution is -0.449. The molecule has 0 aliphatic carbocycles. The number of hydrogen-bond acceptors (Lipinski definition) is 2. The molecule has 0 unspecified atom stereocenters. The van der Waals surface area contributed by atoms with Crippen molar-refractivity contribution in [1.82, 2.24) is 0 Å². The highest BCUT2D eigenvalue weighted by molar-refractivity contribution is 5.16. The summed E-state index contributed by atoms with van der Waals surface area (Å²) in [7, 11) is 0. The number of nitrogens with zero attached hydrogens (tertiary/aromatic N) is 3. The molecule has 0 radical (unpaired) electrons.